The molecule has 1 amide bonds. The van der Waals surface area contributed by atoms with Gasteiger partial charge < -0.3 is 14.8 Å². The Morgan fingerprint density at radius 3 is 2.18 bits per heavy atom. The fraction of sp³-hybridized carbons (Fsp3) is 0.350. The summed E-state index contributed by atoms with van der Waals surface area (Å²) < 4.78 is 36.0. The molecule has 0 saturated heterocycles. The van der Waals surface area contributed by atoms with Crippen LogP contribution in [0, 0.1) is 6.92 Å². The smallest absolute Gasteiger partial charge is 0.241 e. The van der Waals surface area contributed by atoms with Gasteiger partial charge in [0.15, 0.2) is 0 Å². The fourth-order valence-electron chi connectivity index (χ4n) is 2.50. The van der Waals surface area contributed by atoms with Gasteiger partial charge in [-0.3, -0.25) is 9.10 Å². The number of hydrogen-bond acceptors (Lipinski definition) is 5. The number of aryl methyl sites for hydroxylation is 1. The standard InChI is InChI=1S/C20H26N2O5S/c1-15-5-7-17(8-6-15)22(28(4,24)25)13-20(23)21-16(2)14-27-19-11-9-18(26-3)10-12-19/h5-12,16H,13-14H2,1-4H3,(H,21,23)/t16-/m1/s1. The lowest BCUT2D eigenvalue weighted by Gasteiger charge is -2.23. The van der Waals surface area contributed by atoms with E-state index >= 15 is 0 Å². The van der Waals surface area contributed by atoms with E-state index in [9.17, 15) is 13.2 Å². The van der Waals surface area contributed by atoms with Crippen molar-refractivity contribution in [2.24, 2.45) is 0 Å². The number of methoxy groups -OCH3 is 1. The predicted octanol–water partition coefficient (Wildman–Crippen LogP) is 2.35. The van der Waals surface area contributed by atoms with Crippen LogP contribution in [0.1, 0.15) is 12.5 Å². The lowest BCUT2D eigenvalue weighted by Crippen LogP contribution is -2.44. The van der Waals surface area contributed by atoms with Crippen LogP contribution in [-0.2, 0) is 14.8 Å². The number of rotatable bonds is 9. The molecule has 1 N–H and O–H groups in total. The summed E-state index contributed by atoms with van der Waals surface area (Å²) in [6, 6.07) is 13.8. The fourth-order valence-corrected chi connectivity index (χ4v) is 3.35. The van der Waals surface area contributed by atoms with E-state index < -0.39 is 15.9 Å². The van der Waals surface area contributed by atoms with E-state index in [0.717, 1.165) is 21.9 Å². The number of nitrogens with one attached hydrogen (secondary N) is 1. The van der Waals surface area contributed by atoms with Crippen LogP contribution in [0.2, 0.25) is 0 Å². The quantitative estimate of drug-likeness (QED) is 0.691. The monoisotopic (exact) mass is 406 g/mol. The largest absolute Gasteiger partial charge is 0.497 e. The van der Waals surface area contributed by atoms with Crippen LogP contribution < -0.4 is 19.1 Å². The average Bonchev–Trinajstić information content (AvgIpc) is 2.65. The second kappa shape index (κ2) is 9.45. The molecule has 0 saturated carbocycles. The van der Waals surface area contributed by atoms with E-state index in [-0.39, 0.29) is 19.2 Å². The maximum atomic E-state index is 12.4. The van der Waals surface area contributed by atoms with Gasteiger partial charge in [0.1, 0.15) is 24.7 Å². The zero-order valence-electron chi connectivity index (χ0n) is 16.5. The Morgan fingerprint density at radius 1 is 1.07 bits per heavy atom. The number of hydrogen-bond donors (Lipinski definition) is 1. The lowest BCUT2D eigenvalue weighted by atomic mass is 10.2. The number of amides is 1. The summed E-state index contributed by atoms with van der Waals surface area (Å²) in [6.45, 7) is 3.65. The molecule has 0 radical (unpaired) electrons. The number of carbonyl (C=O) groups is 1. The topological polar surface area (TPSA) is 84.9 Å². The minimum atomic E-state index is -3.59. The number of benzene rings is 2. The van der Waals surface area contributed by atoms with E-state index in [0.29, 0.717) is 11.4 Å². The molecule has 8 heteroatoms. The minimum Gasteiger partial charge on any atom is -0.497 e. The summed E-state index contributed by atoms with van der Waals surface area (Å²) in [5.41, 5.74) is 1.45. The third-order valence-electron chi connectivity index (χ3n) is 3.98. The van der Waals surface area contributed by atoms with Crippen molar-refractivity contribution < 1.29 is 22.7 Å². The molecule has 2 aromatic carbocycles. The second-order valence-electron chi connectivity index (χ2n) is 6.56. The SMILES string of the molecule is COc1ccc(OC[C@@H](C)NC(=O)CN(c2ccc(C)cc2)S(C)(=O)=O)cc1. The number of carbonyl (C=O) groups excluding carboxylic acids is 1. The summed E-state index contributed by atoms with van der Waals surface area (Å²) in [5.74, 6) is 0.974. The van der Waals surface area contributed by atoms with Gasteiger partial charge in [-0.1, -0.05) is 17.7 Å². The first-order valence-corrected chi connectivity index (χ1v) is 10.6. The first-order valence-electron chi connectivity index (χ1n) is 8.79. The molecular weight excluding hydrogens is 380 g/mol. The van der Waals surface area contributed by atoms with E-state index in [4.69, 9.17) is 9.47 Å². The van der Waals surface area contributed by atoms with Crippen LogP contribution >= 0.6 is 0 Å². The second-order valence-corrected chi connectivity index (χ2v) is 8.47. The molecule has 0 aliphatic rings. The van der Waals surface area contributed by atoms with Crippen molar-refractivity contribution in [2.45, 2.75) is 19.9 Å². The molecule has 1 atom stereocenters. The Kier molecular flexibility index (Phi) is 7.28. The number of ether oxygens (including phenoxy) is 2. The molecule has 152 valence electrons. The number of nitrogens with zero attached hydrogens (tertiary/aromatic N) is 1. The van der Waals surface area contributed by atoms with Gasteiger partial charge in [-0.2, -0.15) is 0 Å². The molecule has 28 heavy (non-hydrogen) atoms. The highest BCUT2D eigenvalue weighted by atomic mass is 32.2. The Morgan fingerprint density at radius 2 is 1.64 bits per heavy atom. The third kappa shape index (κ3) is 6.45. The Bertz CT molecular complexity index is 880. The summed E-state index contributed by atoms with van der Waals surface area (Å²) in [5, 5.41) is 2.76. The molecule has 2 rings (SSSR count). The van der Waals surface area contributed by atoms with Crippen LogP contribution in [0.4, 0.5) is 5.69 Å². The van der Waals surface area contributed by atoms with Gasteiger partial charge in [0.05, 0.1) is 25.1 Å². The van der Waals surface area contributed by atoms with Crippen LogP contribution in [0.15, 0.2) is 48.5 Å². The van der Waals surface area contributed by atoms with Crippen molar-refractivity contribution in [3.05, 3.63) is 54.1 Å². The van der Waals surface area contributed by atoms with Gasteiger partial charge in [-0.05, 0) is 50.2 Å². The Hall–Kier alpha value is -2.74. The maximum Gasteiger partial charge on any atom is 0.241 e. The Balaban J connectivity index is 1.93. The van der Waals surface area contributed by atoms with Crippen LogP contribution in [-0.4, -0.2) is 46.9 Å². The van der Waals surface area contributed by atoms with E-state index in [1.54, 1.807) is 62.6 Å². The molecule has 0 fully saturated rings. The first kappa shape index (κ1) is 21.6. The van der Waals surface area contributed by atoms with Gasteiger partial charge >= 0.3 is 0 Å². The highest BCUT2D eigenvalue weighted by molar-refractivity contribution is 7.92. The van der Waals surface area contributed by atoms with Crippen LogP contribution in [0.25, 0.3) is 0 Å². The van der Waals surface area contributed by atoms with E-state index in [1.807, 2.05) is 6.92 Å². The average molecular weight is 407 g/mol. The number of sulfonamides is 1. The molecule has 0 unspecified atom stereocenters. The molecule has 0 aliphatic heterocycles. The predicted molar refractivity (Wildman–Crippen MR) is 109 cm³/mol. The van der Waals surface area contributed by atoms with Crippen molar-refractivity contribution in [3.8, 4) is 11.5 Å². The van der Waals surface area contributed by atoms with Gasteiger partial charge in [-0.25, -0.2) is 8.42 Å². The van der Waals surface area contributed by atoms with Crippen molar-refractivity contribution >= 4 is 21.6 Å². The summed E-state index contributed by atoms with van der Waals surface area (Å²) >= 11 is 0. The highest BCUT2D eigenvalue weighted by Gasteiger charge is 2.21. The van der Waals surface area contributed by atoms with Crippen molar-refractivity contribution in [1.82, 2.24) is 5.32 Å². The van der Waals surface area contributed by atoms with Gasteiger partial charge in [0, 0.05) is 0 Å². The zero-order valence-corrected chi connectivity index (χ0v) is 17.3. The molecule has 0 aliphatic carbocycles. The number of anilines is 1. The molecule has 7 nitrogen and oxygen atoms in total. The molecule has 2 aromatic rings. The normalized spacial score (nSPS) is 12.1. The maximum absolute atomic E-state index is 12.4. The van der Waals surface area contributed by atoms with Gasteiger partial charge in [-0.15, -0.1) is 0 Å². The van der Waals surface area contributed by atoms with Crippen molar-refractivity contribution in [2.75, 3.05) is 30.8 Å². The molecule has 0 bridgehead atoms. The van der Waals surface area contributed by atoms with Gasteiger partial charge in [0.25, 0.3) is 0 Å². The third-order valence-corrected chi connectivity index (χ3v) is 5.12. The molecular formula is C20H26N2O5S. The molecule has 0 spiro atoms. The Labute approximate surface area is 166 Å². The molecule has 0 aromatic heterocycles. The summed E-state index contributed by atoms with van der Waals surface area (Å²) in [6.07, 6.45) is 1.08. The van der Waals surface area contributed by atoms with Crippen molar-refractivity contribution in [1.29, 1.82) is 0 Å². The zero-order chi connectivity index (χ0) is 20.7. The van der Waals surface area contributed by atoms with E-state index in [1.165, 1.54) is 0 Å². The van der Waals surface area contributed by atoms with Gasteiger partial charge in [0.2, 0.25) is 15.9 Å². The first-order chi connectivity index (χ1) is 13.2. The minimum absolute atomic E-state index is 0.251. The summed E-state index contributed by atoms with van der Waals surface area (Å²) in [7, 11) is -2.01. The summed E-state index contributed by atoms with van der Waals surface area (Å²) in [4.78, 5) is 12.4. The highest BCUT2D eigenvalue weighted by Crippen LogP contribution is 2.18. The molecule has 0 heterocycles. The van der Waals surface area contributed by atoms with E-state index in [2.05, 4.69) is 5.32 Å². The van der Waals surface area contributed by atoms with Crippen molar-refractivity contribution in [3.63, 3.8) is 0 Å². The van der Waals surface area contributed by atoms with Crippen LogP contribution in [0.3, 0.4) is 0 Å². The lowest BCUT2D eigenvalue weighted by molar-refractivity contribution is -0.120. The van der Waals surface area contributed by atoms with Crippen LogP contribution in [0.5, 0.6) is 11.5 Å².